The van der Waals surface area contributed by atoms with Gasteiger partial charge >= 0.3 is 0 Å². The van der Waals surface area contributed by atoms with Crippen LogP contribution in [0.1, 0.15) is 75.9 Å². The number of aromatic nitrogens is 3. The number of amides is 2. The lowest BCUT2D eigenvalue weighted by Crippen LogP contribution is -2.41. The van der Waals surface area contributed by atoms with Gasteiger partial charge in [0.05, 0.1) is 6.54 Å². The molecule has 1 saturated heterocycles. The van der Waals surface area contributed by atoms with Gasteiger partial charge in [0.25, 0.3) is 0 Å². The van der Waals surface area contributed by atoms with Crippen LogP contribution in [-0.2, 0) is 22.7 Å². The maximum absolute atomic E-state index is 12.6. The van der Waals surface area contributed by atoms with Crippen LogP contribution in [0.5, 0.6) is 0 Å². The summed E-state index contributed by atoms with van der Waals surface area (Å²) in [6.45, 7) is 5.29. The summed E-state index contributed by atoms with van der Waals surface area (Å²) in [5, 5.41) is 8.84. The molecule has 2 aliphatic heterocycles. The molecule has 148 valence electrons. The third kappa shape index (κ3) is 4.01. The minimum Gasteiger partial charge on any atom is -0.342 e. The van der Waals surface area contributed by atoms with Gasteiger partial charge in [0.15, 0.2) is 5.82 Å². The minimum absolute atomic E-state index is 0.136. The van der Waals surface area contributed by atoms with Gasteiger partial charge in [-0.05, 0) is 25.2 Å². The fraction of sp³-hybridized carbons (Fsp3) is 0.800. The predicted octanol–water partition coefficient (Wildman–Crippen LogP) is 2.32. The maximum Gasteiger partial charge on any atom is 0.223 e. The number of hydrogen-bond acceptors (Lipinski definition) is 4. The van der Waals surface area contributed by atoms with Gasteiger partial charge < -0.3 is 14.4 Å². The van der Waals surface area contributed by atoms with E-state index < -0.39 is 0 Å². The number of carbonyl (C=O) groups excluding carboxylic acids is 2. The van der Waals surface area contributed by atoms with Crippen molar-refractivity contribution in [3.8, 4) is 0 Å². The van der Waals surface area contributed by atoms with Crippen LogP contribution in [0.2, 0.25) is 0 Å². The van der Waals surface area contributed by atoms with Crippen LogP contribution < -0.4 is 0 Å². The Balaban J connectivity index is 1.37. The number of hydrogen-bond donors (Lipinski definition) is 0. The Labute approximate surface area is 161 Å². The lowest BCUT2D eigenvalue weighted by molar-refractivity contribution is -0.133. The summed E-state index contributed by atoms with van der Waals surface area (Å²) in [6.07, 6.45) is 9.02. The van der Waals surface area contributed by atoms with Crippen molar-refractivity contribution in [3.05, 3.63) is 11.6 Å². The van der Waals surface area contributed by atoms with E-state index in [4.69, 9.17) is 0 Å². The third-order valence-electron chi connectivity index (χ3n) is 6.61. The topological polar surface area (TPSA) is 71.3 Å². The molecule has 7 nitrogen and oxygen atoms in total. The molecule has 2 fully saturated rings. The molecule has 0 bridgehead atoms. The van der Waals surface area contributed by atoms with E-state index in [1.807, 2.05) is 9.80 Å². The molecule has 1 aliphatic carbocycles. The van der Waals surface area contributed by atoms with Gasteiger partial charge in [-0.1, -0.05) is 25.7 Å². The number of carbonyl (C=O) groups is 2. The minimum atomic E-state index is 0.136. The Bertz CT molecular complexity index is 695. The van der Waals surface area contributed by atoms with E-state index in [1.165, 1.54) is 25.7 Å². The van der Waals surface area contributed by atoms with Gasteiger partial charge in [0.2, 0.25) is 11.8 Å². The molecule has 1 aromatic rings. The summed E-state index contributed by atoms with van der Waals surface area (Å²) in [6, 6.07) is 0. The van der Waals surface area contributed by atoms with E-state index in [-0.39, 0.29) is 17.7 Å². The van der Waals surface area contributed by atoms with Crippen molar-refractivity contribution in [3.63, 3.8) is 0 Å². The zero-order chi connectivity index (χ0) is 18.8. The summed E-state index contributed by atoms with van der Waals surface area (Å²) in [5.74, 6) is 3.30. The number of fused-ring (bicyclic) bond motifs is 1. The van der Waals surface area contributed by atoms with Crippen LogP contribution >= 0.6 is 0 Å². The number of rotatable bonds is 4. The molecule has 1 atom stereocenters. The van der Waals surface area contributed by atoms with Crippen LogP contribution in [-0.4, -0.2) is 56.0 Å². The Morgan fingerprint density at radius 1 is 1.00 bits per heavy atom. The van der Waals surface area contributed by atoms with Gasteiger partial charge in [-0.2, -0.15) is 0 Å². The van der Waals surface area contributed by atoms with Crippen molar-refractivity contribution in [1.29, 1.82) is 0 Å². The summed E-state index contributed by atoms with van der Waals surface area (Å²) in [5.41, 5.74) is 0. The molecule has 1 aromatic heterocycles. The summed E-state index contributed by atoms with van der Waals surface area (Å²) in [4.78, 5) is 28.2. The first-order valence-electron chi connectivity index (χ1n) is 10.6. The molecule has 27 heavy (non-hydrogen) atoms. The summed E-state index contributed by atoms with van der Waals surface area (Å²) < 4.78 is 2.19. The fourth-order valence-electron chi connectivity index (χ4n) is 4.95. The zero-order valence-corrected chi connectivity index (χ0v) is 16.4. The van der Waals surface area contributed by atoms with Crippen LogP contribution in [0.15, 0.2) is 0 Å². The second kappa shape index (κ2) is 7.98. The highest BCUT2D eigenvalue weighted by atomic mass is 16.2. The van der Waals surface area contributed by atoms with Gasteiger partial charge in [-0.25, -0.2) is 0 Å². The molecule has 0 spiro atoms. The molecule has 0 unspecified atom stereocenters. The van der Waals surface area contributed by atoms with Crippen LogP contribution in [0, 0.1) is 5.92 Å². The normalized spacial score (nSPS) is 23.5. The van der Waals surface area contributed by atoms with Crippen molar-refractivity contribution >= 4 is 11.8 Å². The van der Waals surface area contributed by atoms with E-state index in [0.29, 0.717) is 13.0 Å². The molecular formula is C20H31N5O2. The Morgan fingerprint density at radius 2 is 1.81 bits per heavy atom. The standard InChI is InChI=1S/C20H31N5O2/c1-15(26)23-10-4-7-17(13-23)20-22-21-18-14-24(11-12-25(18)20)19(27)9-8-16-5-2-3-6-16/h16-17H,2-14H2,1H3/t17-/m0/s1. The summed E-state index contributed by atoms with van der Waals surface area (Å²) >= 11 is 0. The van der Waals surface area contributed by atoms with Gasteiger partial charge in [0.1, 0.15) is 5.82 Å². The Kier molecular flexibility index (Phi) is 5.45. The number of nitrogens with zero attached hydrogens (tertiary/aromatic N) is 5. The Hall–Kier alpha value is -1.92. The number of likely N-dealkylation sites (tertiary alicyclic amines) is 1. The van der Waals surface area contributed by atoms with Crippen molar-refractivity contribution < 1.29 is 9.59 Å². The highest BCUT2D eigenvalue weighted by Gasteiger charge is 2.31. The van der Waals surface area contributed by atoms with Crippen molar-refractivity contribution in [2.45, 2.75) is 77.3 Å². The fourth-order valence-corrected chi connectivity index (χ4v) is 4.95. The van der Waals surface area contributed by atoms with E-state index in [2.05, 4.69) is 14.8 Å². The smallest absolute Gasteiger partial charge is 0.223 e. The summed E-state index contributed by atoms with van der Waals surface area (Å²) in [7, 11) is 0. The van der Waals surface area contributed by atoms with Crippen LogP contribution in [0.4, 0.5) is 0 Å². The SMILES string of the molecule is CC(=O)N1CCC[C@H](c2nnc3n2CCN(C(=O)CCC2CCCC2)C3)C1. The number of piperidine rings is 1. The molecule has 0 aromatic carbocycles. The lowest BCUT2D eigenvalue weighted by Gasteiger charge is -2.33. The molecule has 3 aliphatic rings. The molecule has 3 heterocycles. The molecule has 2 amide bonds. The molecule has 4 rings (SSSR count). The molecule has 0 radical (unpaired) electrons. The second-order valence-electron chi connectivity index (χ2n) is 8.43. The van der Waals surface area contributed by atoms with Gasteiger partial charge in [-0.15, -0.1) is 10.2 Å². The highest BCUT2D eigenvalue weighted by Crippen LogP contribution is 2.30. The molecule has 0 N–H and O–H groups in total. The lowest BCUT2D eigenvalue weighted by atomic mass is 9.97. The molecular weight excluding hydrogens is 342 g/mol. The zero-order valence-electron chi connectivity index (χ0n) is 16.4. The van der Waals surface area contributed by atoms with Crippen LogP contribution in [0.25, 0.3) is 0 Å². The van der Waals surface area contributed by atoms with Gasteiger partial charge in [-0.3, -0.25) is 9.59 Å². The van der Waals surface area contributed by atoms with Crippen molar-refractivity contribution in [2.75, 3.05) is 19.6 Å². The van der Waals surface area contributed by atoms with E-state index in [0.717, 1.165) is 63.0 Å². The quantitative estimate of drug-likeness (QED) is 0.812. The Morgan fingerprint density at radius 3 is 2.59 bits per heavy atom. The maximum atomic E-state index is 12.6. The van der Waals surface area contributed by atoms with E-state index in [9.17, 15) is 9.59 Å². The highest BCUT2D eigenvalue weighted by molar-refractivity contribution is 5.76. The average Bonchev–Trinajstić information content (AvgIpc) is 3.35. The first kappa shape index (κ1) is 18.4. The second-order valence-corrected chi connectivity index (χ2v) is 8.43. The molecule has 1 saturated carbocycles. The third-order valence-corrected chi connectivity index (χ3v) is 6.61. The first-order valence-corrected chi connectivity index (χ1v) is 10.6. The van der Waals surface area contributed by atoms with Crippen molar-refractivity contribution in [2.24, 2.45) is 5.92 Å². The van der Waals surface area contributed by atoms with Crippen molar-refractivity contribution in [1.82, 2.24) is 24.6 Å². The van der Waals surface area contributed by atoms with E-state index in [1.54, 1.807) is 6.92 Å². The largest absolute Gasteiger partial charge is 0.342 e. The molecule has 7 heteroatoms. The predicted molar refractivity (Wildman–Crippen MR) is 101 cm³/mol. The van der Waals surface area contributed by atoms with Crippen LogP contribution in [0.3, 0.4) is 0 Å². The first-order chi connectivity index (χ1) is 13.1. The average molecular weight is 374 g/mol. The monoisotopic (exact) mass is 373 g/mol. The van der Waals surface area contributed by atoms with Gasteiger partial charge in [0, 0.05) is 45.4 Å². The van der Waals surface area contributed by atoms with E-state index >= 15 is 0 Å².